The van der Waals surface area contributed by atoms with Crippen molar-refractivity contribution in [3.05, 3.63) is 70.8 Å². The third-order valence-corrected chi connectivity index (χ3v) is 4.68. The van der Waals surface area contributed by atoms with Crippen LogP contribution >= 0.6 is 0 Å². The van der Waals surface area contributed by atoms with E-state index in [4.69, 9.17) is 4.18 Å². The molecule has 3 nitrogen and oxygen atoms in total. The highest BCUT2D eigenvalue weighted by atomic mass is 32.2. The standard InChI is InChI=1S/C19H20O3S/c1-23(20,21)22-13-12-18-14-17-8-3-2-6-15(17)10-11-16-7-4-5-9-19(16)18/h2-9,14H,10-13H2,1H3. The van der Waals surface area contributed by atoms with Gasteiger partial charge >= 0.3 is 0 Å². The summed E-state index contributed by atoms with van der Waals surface area (Å²) >= 11 is 0. The Labute approximate surface area is 137 Å². The van der Waals surface area contributed by atoms with Crippen LogP contribution in [0.25, 0.3) is 11.6 Å². The third-order valence-electron chi connectivity index (χ3n) is 4.08. The SMILES string of the molecule is CS(=O)(=O)OCCC1=Cc2ccccc2CCc2ccccc21. The van der Waals surface area contributed by atoms with Gasteiger partial charge in [-0.15, -0.1) is 0 Å². The van der Waals surface area contributed by atoms with Crippen molar-refractivity contribution in [2.45, 2.75) is 19.3 Å². The summed E-state index contributed by atoms with van der Waals surface area (Å²) in [6.07, 6.45) is 5.81. The van der Waals surface area contributed by atoms with Crippen molar-refractivity contribution >= 4 is 21.8 Å². The van der Waals surface area contributed by atoms with E-state index >= 15 is 0 Å². The lowest BCUT2D eigenvalue weighted by Gasteiger charge is -2.18. The molecule has 0 saturated carbocycles. The average Bonchev–Trinajstić information content (AvgIpc) is 2.50. The number of hydrogen-bond acceptors (Lipinski definition) is 3. The molecule has 0 spiro atoms. The first kappa shape index (κ1) is 16.0. The summed E-state index contributed by atoms with van der Waals surface area (Å²) in [6.45, 7) is 0.168. The molecule has 0 fully saturated rings. The summed E-state index contributed by atoms with van der Waals surface area (Å²) in [7, 11) is -3.41. The fraction of sp³-hybridized carbons (Fsp3) is 0.263. The van der Waals surface area contributed by atoms with Crippen LogP contribution in [-0.2, 0) is 27.1 Å². The molecule has 1 aliphatic rings. The highest BCUT2D eigenvalue weighted by Gasteiger charge is 2.13. The molecule has 3 rings (SSSR count). The average molecular weight is 328 g/mol. The van der Waals surface area contributed by atoms with E-state index in [-0.39, 0.29) is 6.61 Å². The number of benzene rings is 2. The highest BCUT2D eigenvalue weighted by molar-refractivity contribution is 7.85. The molecule has 0 saturated heterocycles. The summed E-state index contributed by atoms with van der Waals surface area (Å²) in [5, 5.41) is 0. The first-order chi connectivity index (χ1) is 11.0. The normalized spacial score (nSPS) is 14.2. The van der Waals surface area contributed by atoms with E-state index in [9.17, 15) is 8.42 Å². The predicted octanol–water partition coefficient (Wildman–Crippen LogP) is 3.69. The second-order valence-electron chi connectivity index (χ2n) is 5.80. The van der Waals surface area contributed by atoms with Crippen molar-refractivity contribution in [1.29, 1.82) is 0 Å². The second-order valence-corrected chi connectivity index (χ2v) is 7.45. The van der Waals surface area contributed by atoms with Gasteiger partial charge in [0.05, 0.1) is 12.9 Å². The Bertz CT molecular complexity index is 835. The van der Waals surface area contributed by atoms with Crippen LogP contribution in [0, 0.1) is 0 Å². The fourth-order valence-corrected chi connectivity index (χ4v) is 3.38. The zero-order valence-electron chi connectivity index (χ0n) is 13.2. The number of fused-ring (bicyclic) bond motifs is 2. The zero-order chi connectivity index (χ0) is 16.3. The van der Waals surface area contributed by atoms with Crippen LogP contribution < -0.4 is 0 Å². The van der Waals surface area contributed by atoms with E-state index in [0.29, 0.717) is 6.42 Å². The van der Waals surface area contributed by atoms with Crippen molar-refractivity contribution in [3.8, 4) is 0 Å². The maximum absolute atomic E-state index is 11.2. The Morgan fingerprint density at radius 3 is 2.39 bits per heavy atom. The van der Waals surface area contributed by atoms with Crippen molar-refractivity contribution in [2.24, 2.45) is 0 Å². The Balaban J connectivity index is 1.98. The molecule has 4 heteroatoms. The summed E-state index contributed by atoms with van der Waals surface area (Å²) in [4.78, 5) is 0. The van der Waals surface area contributed by atoms with Gasteiger partial charge < -0.3 is 0 Å². The van der Waals surface area contributed by atoms with Gasteiger partial charge in [-0.1, -0.05) is 54.6 Å². The minimum absolute atomic E-state index is 0.168. The van der Waals surface area contributed by atoms with Crippen molar-refractivity contribution in [2.75, 3.05) is 12.9 Å². The Morgan fingerprint density at radius 1 is 0.957 bits per heavy atom. The van der Waals surface area contributed by atoms with Crippen molar-refractivity contribution < 1.29 is 12.6 Å². The maximum Gasteiger partial charge on any atom is 0.264 e. The molecule has 1 aliphatic carbocycles. The minimum atomic E-state index is -3.41. The molecule has 2 aromatic rings. The second kappa shape index (κ2) is 6.69. The quantitative estimate of drug-likeness (QED) is 0.804. The van der Waals surface area contributed by atoms with Crippen LogP contribution in [0.3, 0.4) is 0 Å². The van der Waals surface area contributed by atoms with Gasteiger partial charge in [0.15, 0.2) is 0 Å². The van der Waals surface area contributed by atoms with Gasteiger partial charge in [0.1, 0.15) is 0 Å². The molecule has 0 aromatic heterocycles. The molecular formula is C19H20O3S. The van der Waals surface area contributed by atoms with Gasteiger partial charge in [-0.2, -0.15) is 8.42 Å². The smallest absolute Gasteiger partial charge is 0.264 e. The molecule has 0 heterocycles. The van der Waals surface area contributed by atoms with Crippen LogP contribution in [0.2, 0.25) is 0 Å². The van der Waals surface area contributed by atoms with Crippen molar-refractivity contribution in [3.63, 3.8) is 0 Å². The first-order valence-corrected chi connectivity index (χ1v) is 9.56. The molecular weight excluding hydrogens is 308 g/mol. The maximum atomic E-state index is 11.2. The van der Waals surface area contributed by atoms with Gasteiger partial charge in [-0.25, -0.2) is 0 Å². The molecule has 0 unspecified atom stereocenters. The van der Waals surface area contributed by atoms with E-state index in [1.54, 1.807) is 0 Å². The van der Waals surface area contributed by atoms with Gasteiger partial charge in [0, 0.05) is 0 Å². The van der Waals surface area contributed by atoms with E-state index in [1.807, 2.05) is 12.1 Å². The molecule has 0 amide bonds. The lowest BCUT2D eigenvalue weighted by molar-refractivity contribution is 0.330. The lowest BCUT2D eigenvalue weighted by atomic mass is 9.88. The van der Waals surface area contributed by atoms with Crippen LogP contribution in [0.5, 0.6) is 0 Å². The van der Waals surface area contributed by atoms with Gasteiger partial charge in [-0.05, 0) is 47.1 Å². The van der Waals surface area contributed by atoms with Crippen LogP contribution in [-0.4, -0.2) is 21.3 Å². The molecule has 0 atom stereocenters. The molecule has 120 valence electrons. The van der Waals surface area contributed by atoms with Gasteiger partial charge in [0.25, 0.3) is 10.1 Å². The molecule has 2 aromatic carbocycles. The van der Waals surface area contributed by atoms with Crippen LogP contribution in [0.4, 0.5) is 0 Å². The summed E-state index contributed by atoms with van der Waals surface area (Å²) in [5.74, 6) is 0. The molecule has 23 heavy (non-hydrogen) atoms. The number of aryl methyl sites for hydroxylation is 2. The molecule has 0 aliphatic heterocycles. The summed E-state index contributed by atoms with van der Waals surface area (Å²) in [5.41, 5.74) is 6.14. The van der Waals surface area contributed by atoms with Gasteiger partial charge in [0.2, 0.25) is 0 Å². The Morgan fingerprint density at radius 2 is 1.61 bits per heavy atom. The lowest BCUT2D eigenvalue weighted by Crippen LogP contribution is -2.07. The monoisotopic (exact) mass is 328 g/mol. The predicted molar refractivity (Wildman–Crippen MR) is 93.6 cm³/mol. The van der Waals surface area contributed by atoms with E-state index in [1.165, 1.54) is 22.3 Å². The van der Waals surface area contributed by atoms with Crippen molar-refractivity contribution in [1.82, 2.24) is 0 Å². The first-order valence-electron chi connectivity index (χ1n) is 7.74. The van der Waals surface area contributed by atoms with Gasteiger partial charge in [-0.3, -0.25) is 4.18 Å². The zero-order valence-corrected chi connectivity index (χ0v) is 14.0. The summed E-state index contributed by atoms with van der Waals surface area (Å²) in [6, 6.07) is 16.7. The summed E-state index contributed by atoms with van der Waals surface area (Å²) < 4.78 is 27.3. The highest BCUT2D eigenvalue weighted by Crippen LogP contribution is 2.30. The molecule has 0 bridgehead atoms. The topological polar surface area (TPSA) is 43.4 Å². The van der Waals surface area contributed by atoms with E-state index in [2.05, 4.69) is 42.5 Å². The van der Waals surface area contributed by atoms with E-state index < -0.39 is 10.1 Å². The fourth-order valence-electron chi connectivity index (χ4n) is 3.00. The minimum Gasteiger partial charge on any atom is -0.270 e. The number of hydrogen-bond donors (Lipinski definition) is 0. The van der Waals surface area contributed by atoms with E-state index in [0.717, 1.165) is 24.7 Å². The molecule has 0 N–H and O–H groups in total. The van der Waals surface area contributed by atoms with Crippen LogP contribution in [0.1, 0.15) is 28.7 Å². The largest absolute Gasteiger partial charge is 0.270 e. The Hall–Kier alpha value is -1.91. The third kappa shape index (κ3) is 4.09. The Kier molecular flexibility index (Phi) is 4.64. The number of rotatable bonds is 4. The van der Waals surface area contributed by atoms with Crippen LogP contribution in [0.15, 0.2) is 48.5 Å². The molecule has 0 radical (unpaired) electrons.